The zero-order valence-corrected chi connectivity index (χ0v) is 13.8. The van der Waals surface area contributed by atoms with Crippen molar-refractivity contribution in [3.8, 4) is 0 Å². The van der Waals surface area contributed by atoms with Gasteiger partial charge in [-0.05, 0) is 48.1 Å². The number of hydrogen-bond acceptors (Lipinski definition) is 4. The average molecular weight is 301 g/mol. The molecule has 3 nitrogen and oxygen atoms in total. The van der Waals surface area contributed by atoms with Gasteiger partial charge in [0.25, 0.3) is 0 Å². The number of thiophene rings is 1. The van der Waals surface area contributed by atoms with Gasteiger partial charge >= 0.3 is 0 Å². The summed E-state index contributed by atoms with van der Waals surface area (Å²) in [4.78, 5) is 8.69. The second kappa shape index (κ2) is 6.16. The smallest absolute Gasteiger partial charge is 0.129 e. The molecule has 2 aromatic rings. The Morgan fingerprint density at radius 1 is 1.38 bits per heavy atom. The van der Waals surface area contributed by atoms with Crippen LogP contribution in [0.1, 0.15) is 35.5 Å². The Morgan fingerprint density at radius 2 is 2.24 bits per heavy atom. The molecule has 1 aliphatic rings. The molecule has 0 spiro atoms. The fraction of sp³-hybridized carbons (Fsp3) is 0.471. The summed E-state index contributed by atoms with van der Waals surface area (Å²) in [7, 11) is 0. The molecule has 0 amide bonds. The van der Waals surface area contributed by atoms with Gasteiger partial charge in [-0.25, -0.2) is 4.98 Å². The van der Waals surface area contributed by atoms with Gasteiger partial charge in [-0.3, -0.25) is 0 Å². The molecule has 3 heterocycles. The van der Waals surface area contributed by atoms with Crippen molar-refractivity contribution in [2.45, 2.75) is 46.3 Å². The van der Waals surface area contributed by atoms with E-state index in [-0.39, 0.29) is 0 Å². The van der Waals surface area contributed by atoms with Crippen LogP contribution in [0.2, 0.25) is 0 Å². The van der Waals surface area contributed by atoms with Crippen LogP contribution in [0, 0.1) is 6.92 Å². The first-order valence-corrected chi connectivity index (χ1v) is 8.51. The average Bonchev–Trinajstić information content (AvgIpc) is 2.92. The van der Waals surface area contributed by atoms with E-state index < -0.39 is 0 Å². The summed E-state index contributed by atoms with van der Waals surface area (Å²) < 4.78 is 0. The molecule has 0 aromatic carbocycles. The van der Waals surface area contributed by atoms with Gasteiger partial charge in [0, 0.05) is 36.2 Å². The molecule has 1 N–H and O–H groups in total. The van der Waals surface area contributed by atoms with Crippen molar-refractivity contribution < 1.29 is 0 Å². The third kappa shape index (κ3) is 3.44. The van der Waals surface area contributed by atoms with Gasteiger partial charge in [0.05, 0.1) is 0 Å². The van der Waals surface area contributed by atoms with E-state index in [0.29, 0.717) is 6.04 Å². The first-order chi connectivity index (χ1) is 10.1. The molecule has 0 bridgehead atoms. The fourth-order valence-corrected chi connectivity index (χ4v) is 3.64. The lowest BCUT2D eigenvalue weighted by Gasteiger charge is -2.28. The van der Waals surface area contributed by atoms with Crippen molar-refractivity contribution in [3.63, 3.8) is 0 Å². The zero-order chi connectivity index (χ0) is 14.8. The highest BCUT2D eigenvalue weighted by Gasteiger charge is 2.18. The minimum Gasteiger partial charge on any atom is -0.352 e. The van der Waals surface area contributed by atoms with E-state index >= 15 is 0 Å². The Kier molecular flexibility index (Phi) is 4.27. The fourth-order valence-electron chi connectivity index (χ4n) is 2.75. The predicted octanol–water partition coefficient (Wildman–Crippen LogP) is 3.51. The largest absolute Gasteiger partial charge is 0.352 e. The first-order valence-electron chi connectivity index (χ1n) is 7.63. The molecule has 21 heavy (non-hydrogen) atoms. The van der Waals surface area contributed by atoms with Gasteiger partial charge in [0.1, 0.15) is 5.82 Å². The summed E-state index contributed by atoms with van der Waals surface area (Å²) in [5.74, 6) is 1.12. The van der Waals surface area contributed by atoms with E-state index in [1.54, 1.807) is 4.88 Å². The van der Waals surface area contributed by atoms with E-state index in [1.165, 1.54) is 11.1 Å². The Morgan fingerprint density at radius 3 is 3.05 bits per heavy atom. The topological polar surface area (TPSA) is 28.2 Å². The third-order valence-electron chi connectivity index (χ3n) is 3.85. The number of anilines is 1. The summed E-state index contributed by atoms with van der Waals surface area (Å²) in [5.41, 5.74) is 3.89. The van der Waals surface area contributed by atoms with E-state index in [4.69, 9.17) is 4.98 Å². The number of fused-ring (bicyclic) bond motifs is 1. The highest BCUT2D eigenvalue weighted by Crippen LogP contribution is 2.27. The maximum atomic E-state index is 4.74. The van der Waals surface area contributed by atoms with E-state index in [9.17, 15) is 0 Å². The summed E-state index contributed by atoms with van der Waals surface area (Å²) >= 11 is 1.88. The van der Waals surface area contributed by atoms with E-state index in [1.807, 2.05) is 11.3 Å². The van der Waals surface area contributed by atoms with Crippen LogP contribution in [0.25, 0.3) is 0 Å². The Balaban J connectivity index is 1.79. The molecular weight excluding hydrogens is 278 g/mol. The highest BCUT2D eigenvalue weighted by molar-refractivity contribution is 7.10. The van der Waals surface area contributed by atoms with Gasteiger partial charge in [-0.1, -0.05) is 13.8 Å². The second-order valence-electron chi connectivity index (χ2n) is 6.05. The molecule has 1 aliphatic heterocycles. The quantitative estimate of drug-likeness (QED) is 0.936. The van der Waals surface area contributed by atoms with Crippen LogP contribution in [0.5, 0.6) is 0 Å². The zero-order valence-electron chi connectivity index (χ0n) is 13.0. The van der Waals surface area contributed by atoms with Crippen LogP contribution >= 0.6 is 11.3 Å². The molecule has 0 saturated heterocycles. The van der Waals surface area contributed by atoms with Crippen LogP contribution in [0.15, 0.2) is 23.6 Å². The molecule has 112 valence electrons. The Labute approximate surface area is 131 Å². The molecule has 0 aliphatic carbocycles. The van der Waals surface area contributed by atoms with Crippen molar-refractivity contribution in [2.75, 3.05) is 11.4 Å². The van der Waals surface area contributed by atoms with Crippen molar-refractivity contribution in [3.05, 3.63) is 45.3 Å². The maximum absolute atomic E-state index is 4.74. The van der Waals surface area contributed by atoms with Crippen LogP contribution in [-0.4, -0.2) is 17.6 Å². The minimum absolute atomic E-state index is 0.505. The molecule has 0 fully saturated rings. The lowest BCUT2D eigenvalue weighted by atomic mass is 10.1. The molecule has 3 rings (SSSR count). The van der Waals surface area contributed by atoms with Crippen LogP contribution in [0.3, 0.4) is 0 Å². The molecule has 4 heteroatoms. The second-order valence-corrected chi connectivity index (χ2v) is 7.05. The number of nitrogens with one attached hydrogen (secondary N) is 1. The number of rotatable bonds is 4. The molecular formula is C17H23N3S. The molecule has 0 saturated carbocycles. The summed E-state index contributed by atoms with van der Waals surface area (Å²) in [6.07, 6.45) is 1.14. The van der Waals surface area contributed by atoms with Gasteiger partial charge in [0.2, 0.25) is 0 Å². The van der Waals surface area contributed by atoms with Gasteiger partial charge in [-0.2, -0.15) is 0 Å². The summed E-state index contributed by atoms with van der Waals surface area (Å²) in [6, 6.07) is 7.17. The number of aryl methyl sites for hydroxylation is 1. The SMILES string of the molecule is Cc1cc(CNC(C)C)cc(N2CCc3sccc3C2)n1. The lowest BCUT2D eigenvalue weighted by Crippen LogP contribution is -2.30. The molecule has 0 radical (unpaired) electrons. The number of pyridine rings is 1. The van der Waals surface area contributed by atoms with Gasteiger partial charge < -0.3 is 10.2 Å². The summed E-state index contributed by atoms with van der Waals surface area (Å²) in [6.45, 7) is 9.41. The normalized spacial score (nSPS) is 14.6. The minimum atomic E-state index is 0.505. The molecule has 0 atom stereocenters. The summed E-state index contributed by atoms with van der Waals surface area (Å²) in [5, 5.41) is 5.69. The van der Waals surface area contributed by atoms with Crippen molar-refractivity contribution >= 4 is 17.2 Å². The number of aromatic nitrogens is 1. The maximum Gasteiger partial charge on any atom is 0.129 e. The van der Waals surface area contributed by atoms with Crippen LogP contribution in [-0.2, 0) is 19.5 Å². The standard InChI is InChI=1S/C17H23N3S/c1-12(2)18-10-14-8-13(3)19-17(9-14)20-6-4-16-15(11-20)5-7-21-16/h5,7-9,12,18H,4,6,10-11H2,1-3H3. The van der Waals surface area contributed by atoms with Crippen molar-refractivity contribution in [1.29, 1.82) is 0 Å². The molecule has 2 aromatic heterocycles. The highest BCUT2D eigenvalue weighted by atomic mass is 32.1. The van der Waals surface area contributed by atoms with E-state index in [2.05, 4.69) is 54.6 Å². The van der Waals surface area contributed by atoms with E-state index in [0.717, 1.165) is 37.6 Å². The van der Waals surface area contributed by atoms with Gasteiger partial charge in [0.15, 0.2) is 0 Å². The predicted molar refractivity (Wildman–Crippen MR) is 90.0 cm³/mol. The van der Waals surface area contributed by atoms with Crippen molar-refractivity contribution in [2.24, 2.45) is 0 Å². The van der Waals surface area contributed by atoms with Gasteiger partial charge in [-0.15, -0.1) is 11.3 Å². The third-order valence-corrected chi connectivity index (χ3v) is 4.87. The van der Waals surface area contributed by atoms with Crippen molar-refractivity contribution in [1.82, 2.24) is 10.3 Å². The molecule has 0 unspecified atom stereocenters. The first kappa shape index (κ1) is 14.5. The Bertz CT molecular complexity index is 618. The Hall–Kier alpha value is -1.39. The van der Waals surface area contributed by atoms with Crippen LogP contribution < -0.4 is 10.2 Å². The monoisotopic (exact) mass is 301 g/mol. The number of hydrogen-bond donors (Lipinski definition) is 1. The van der Waals surface area contributed by atoms with Crippen LogP contribution in [0.4, 0.5) is 5.82 Å². The lowest BCUT2D eigenvalue weighted by molar-refractivity contribution is 0.588. The number of nitrogens with zero attached hydrogens (tertiary/aromatic N) is 2.